The Kier molecular flexibility index (Phi) is 5.40. The Morgan fingerprint density at radius 1 is 1.41 bits per heavy atom. The van der Waals surface area contributed by atoms with Crippen molar-refractivity contribution in [2.24, 2.45) is 0 Å². The second-order valence-corrected chi connectivity index (χ2v) is 4.66. The predicted molar refractivity (Wildman–Crippen MR) is 80.5 cm³/mol. The Balaban J connectivity index is 2.10. The number of H-pyrrole nitrogens is 1. The molecule has 0 unspecified atom stereocenters. The highest BCUT2D eigenvalue weighted by atomic mass is 16.5. The van der Waals surface area contributed by atoms with Crippen LogP contribution < -0.4 is 10.9 Å². The molecule has 0 spiro atoms. The van der Waals surface area contributed by atoms with Gasteiger partial charge in [-0.25, -0.2) is 4.98 Å². The second kappa shape index (κ2) is 7.48. The lowest BCUT2D eigenvalue weighted by Gasteiger charge is -2.10. The van der Waals surface area contributed by atoms with Crippen LogP contribution in [0.15, 0.2) is 41.3 Å². The third-order valence-electron chi connectivity index (χ3n) is 2.95. The first kappa shape index (κ1) is 15.9. The topological polar surface area (TPSA) is 104 Å². The van der Waals surface area contributed by atoms with Crippen LogP contribution in [0.1, 0.15) is 10.4 Å². The number of aliphatic hydroxyl groups excluding tert-OH is 1. The zero-order chi connectivity index (χ0) is 15.9. The van der Waals surface area contributed by atoms with Gasteiger partial charge in [-0.1, -0.05) is 30.3 Å². The summed E-state index contributed by atoms with van der Waals surface area (Å²) in [6.07, 6.45) is 0.392. The van der Waals surface area contributed by atoms with Crippen LogP contribution in [0.4, 0.5) is 0 Å². The van der Waals surface area contributed by atoms with Crippen LogP contribution in [0.5, 0.6) is 0 Å². The summed E-state index contributed by atoms with van der Waals surface area (Å²) in [7, 11) is 1.45. The van der Waals surface area contributed by atoms with E-state index in [1.165, 1.54) is 13.3 Å². The number of aromatic amines is 1. The summed E-state index contributed by atoms with van der Waals surface area (Å²) in [6.45, 7) is 0.0916. The van der Waals surface area contributed by atoms with Crippen LogP contribution in [-0.2, 0) is 4.74 Å². The van der Waals surface area contributed by atoms with E-state index in [1.807, 2.05) is 18.2 Å². The van der Waals surface area contributed by atoms with Crippen LogP contribution in [-0.4, -0.2) is 47.3 Å². The van der Waals surface area contributed by atoms with Gasteiger partial charge in [-0.05, 0) is 0 Å². The van der Waals surface area contributed by atoms with Gasteiger partial charge in [-0.15, -0.1) is 0 Å². The minimum absolute atomic E-state index is 0.00739. The Hall–Kier alpha value is -2.51. The Labute approximate surface area is 127 Å². The molecular weight excluding hydrogens is 286 g/mol. The number of ether oxygens (including phenoxy) is 1. The number of aromatic nitrogens is 2. The summed E-state index contributed by atoms with van der Waals surface area (Å²) in [5.41, 5.74) is 0.110. The molecule has 1 atom stereocenters. The van der Waals surface area contributed by atoms with Gasteiger partial charge in [0.05, 0.1) is 12.7 Å². The largest absolute Gasteiger partial charge is 0.389 e. The van der Waals surface area contributed by atoms with Gasteiger partial charge in [0.2, 0.25) is 0 Å². The number of carbonyl (C=O) groups is 1. The summed E-state index contributed by atoms with van der Waals surface area (Å²) < 4.78 is 4.75. The zero-order valence-electron chi connectivity index (χ0n) is 12.1. The first-order valence-electron chi connectivity index (χ1n) is 6.71. The summed E-state index contributed by atoms with van der Waals surface area (Å²) in [5, 5.41) is 11.9. The smallest absolute Gasteiger partial charge is 0.264 e. The Morgan fingerprint density at radius 3 is 2.77 bits per heavy atom. The molecular formula is C15H17N3O4. The molecule has 3 N–H and O–H groups in total. The molecule has 0 aliphatic carbocycles. The number of carbonyl (C=O) groups excluding carboxylic acids is 1. The lowest BCUT2D eigenvalue weighted by Crippen LogP contribution is -2.37. The van der Waals surface area contributed by atoms with E-state index in [4.69, 9.17) is 4.74 Å². The molecule has 1 amide bonds. The standard InChI is InChI=1S/C15H17N3O4/c1-22-9-11(19)7-17-14(20)12-8-16-13(18-15(12)21)10-5-3-2-4-6-10/h2-6,8,11,19H,7,9H2,1H3,(H,17,20)(H,16,18,21)/t11-/m1/s1. The maximum Gasteiger partial charge on any atom is 0.264 e. The highest BCUT2D eigenvalue weighted by Gasteiger charge is 2.13. The van der Waals surface area contributed by atoms with Crippen molar-refractivity contribution in [1.82, 2.24) is 15.3 Å². The molecule has 0 saturated carbocycles. The molecule has 0 fully saturated rings. The van der Waals surface area contributed by atoms with E-state index in [0.29, 0.717) is 5.82 Å². The van der Waals surface area contributed by atoms with Crippen molar-refractivity contribution >= 4 is 5.91 Å². The van der Waals surface area contributed by atoms with Crippen LogP contribution in [0.25, 0.3) is 11.4 Å². The number of nitrogens with one attached hydrogen (secondary N) is 2. The lowest BCUT2D eigenvalue weighted by molar-refractivity contribution is 0.0609. The fourth-order valence-corrected chi connectivity index (χ4v) is 1.86. The van der Waals surface area contributed by atoms with E-state index < -0.39 is 17.6 Å². The molecule has 7 heteroatoms. The molecule has 0 aliphatic heterocycles. The van der Waals surface area contributed by atoms with E-state index >= 15 is 0 Å². The molecule has 0 aliphatic rings. The van der Waals surface area contributed by atoms with E-state index in [-0.39, 0.29) is 18.7 Å². The minimum Gasteiger partial charge on any atom is -0.389 e. The van der Waals surface area contributed by atoms with Crippen molar-refractivity contribution in [3.63, 3.8) is 0 Å². The number of benzene rings is 1. The number of hydrogen-bond acceptors (Lipinski definition) is 5. The maximum absolute atomic E-state index is 12.0. The number of amides is 1. The van der Waals surface area contributed by atoms with E-state index in [2.05, 4.69) is 15.3 Å². The monoisotopic (exact) mass is 303 g/mol. The van der Waals surface area contributed by atoms with E-state index in [0.717, 1.165) is 5.56 Å². The van der Waals surface area contributed by atoms with Gasteiger partial charge in [-0.3, -0.25) is 9.59 Å². The molecule has 2 aromatic rings. The van der Waals surface area contributed by atoms with Crippen LogP contribution in [0.2, 0.25) is 0 Å². The predicted octanol–water partition coefficient (Wildman–Crippen LogP) is 0.174. The van der Waals surface area contributed by atoms with Crippen LogP contribution in [0, 0.1) is 0 Å². The van der Waals surface area contributed by atoms with Gasteiger partial charge in [0.25, 0.3) is 11.5 Å². The van der Waals surface area contributed by atoms with Gasteiger partial charge in [0, 0.05) is 25.4 Å². The number of aliphatic hydroxyl groups is 1. The summed E-state index contributed by atoms with van der Waals surface area (Å²) in [6, 6.07) is 9.12. The van der Waals surface area contributed by atoms with Crippen molar-refractivity contribution in [3.05, 3.63) is 52.4 Å². The first-order chi connectivity index (χ1) is 10.6. The van der Waals surface area contributed by atoms with E-state index in [1.54, 1.807) is 12.1 Å². The minimum atomic E-state index is -0.829. The van der Waals surface area contributed by atoms with E-state index in [9.17, 15) is 14.7 Å². The summed E-state index contributed by atoms with van der Waals surface area (Å²) in [4.78, 5) is 30.5. The first-order valence-corrected chi connectivity index (χ1v) is 6.71. The van der Waals surface area contributed by atoms with Gasteiger partial charge < -0.3 is 20.1 Å². The van der Waals surface area contributed by atoms with Gasteiger partial charge in [0.1, 0.15) is 11.4 Å². The van der Waals surface area contributed by atoms with Crippen molar-refractivity contribution in [2.45, 2.75) is 6.10 Å². The highest BCUT2D eigenvalue weighted by Crippen LogP contribution is 2.11. The molecule has 1 heterocycles. The number of nitrogens with zero attached hydrogens (tertiary/aromatic N) is 1. The number of hydrogen-bond donors (Lipinski definition) is 3. The summed E-state index contributed by atoms with van der Waals surface area (Å²) in [5.74, 6) is -0.204. The molecule has 7 nitrogen and oxygen atoms in total. The van der Waals surface area contributed by atoms with Gasteiger partial charge in [-0.2, -0.15) is 0 Å². The Morgan fingerprint density at radius 2 is 2.14 bits per heavy atom. The van der Waals surface area contributed by atoms with Gasteiger partial charge in [0.15, 0.2) is 0 Å². The fraction of sp³-hybridized carbons (Fsp3) is 0.267. The third-order valence-corrected chi connectivity index (χ3v) is 2.95. The van der Waals surface area contributed by atoms with Crippen LogP contribution in [0.3, 0.4) is 0 Å². The molecule has 0 radical (unpaired) electrons. The highest BCUT2D eigenvalue weighted by molar-refractivity contribution is 5.93. The quantitative estimate of drug-likeness (QED) is 0.706. The summed E-state index contributed by atoms with van der Waals surface area (Å²) >= 11 is 0. The molecule has 0 saturated heterocycles. The van der Waals surface area contributed by atoms with Crippen molar-refractivity contribution < 1.29 is 14.6 Å². The second-order valence-electron chi connectivity index (χ2n) is 4.66. The SMILES string of the molecule is COC[C@H](O)CNC(=O)c1cnc(-c2ccccc2)[nH]c1=O. The molecule has 116 valence electrons. The fourth-order valence-electron chi connectivity index (χ4n) is 1.86. The molecule has 1 aromatic heterocycles. The zero-order valence-corrected chi connectivity index (χ0v) is 12.1. The average Bonchev–Trinajstić information content (AvgIpc) is 2.53. The lowest BCUT2D eigenvalue weighted by atomic mass is 10.2. The average molecular weight is 303 g/mol. The molecule has 1 aromatic carbocycles. The van der Waals surface area contributed by atoms with Crippen molar-refractivity contribution in [2.75, 3.05) is 20.3 Å². The number of rotatable bonds is 6. The molecule has 2 rings (SSSR count). The normalized spacial score (nSPS) is 11.9. The maximum atomic E-state index is 12.0. The number of methoxy groups -OCH3 is 1. The Bertz CT molecular complexity index is 685. The van der Waals surface area contributed by atoms with Crippen molar-refractivity contribution in [1.29, 1.82) is 0 Å². The molecule has 0 bridgehead atoms. The molecule has 22 heavy (non-hydrogen) atoms. The van der Waals surface area contributed by atoms with Gasteiger partial charge >= 0.3 is 0 Å². The third kappa shape index (κ3) is 4.00. The van der Waals surface area contributed by atoms with Crippen molar-refractivity contribution in [3.8, 4) is 11.4 Å². The van der Waals surface area contributed by atoms with Crippen LogP contribution >= 0.6 is 0 Å².